The number of amides is 2. The Morgan fingerprint density at radius 3 is 2.58 bits per heavy atom. The van der Waals surface area contributed by atoms with Gasteiger partial charge in [-0.25, -0.2) is 13.8 Å². The number of amidine groups is 1. The Bertz CT molecular complexity index is 1220. The van der Waals surface area contributed by atoms with Crippen LogP contribution in [0.1, 0.15) is 55.3 Å². The Morgan fingerprint density at radius 2 is 2.00 bits per heavy atom. The molecule has 38 heavy (non-hydrogen) atoms. The van der Waals surface area contributed by atoms with Crippen LogP contribution >= 0.6 is 0 Å². The summed E-state index contributed by atoms with van der Waals surface area (Å²) in [6, 6.07) is 4.75. The number of carbonyl (C=O) groups is 2. The van der Waals surface area contributed by atoms with Gasteiger partial charge in [0, 0.05) is 50.3 Å². The molecule has 5 rings (SSSR count). The summed E-state index contributed by atoms with van der Waals surface area (Å²) in [5, 5.41) is 6.04. The quantitative estimate of drug-likeness (QED) is 0.500. The number of hydrogen-bond acceptors (Lipinski definition) is 6. The summed E-state index contributed by atoms with van der Waals surface area (Å²) in [7, 11) is 3.13. The Hall–Kier alpha value is -3.63. The van der Waals surface area contributed by atoms with Crippen molar-refractivity contribution in [2.45, 2.75) is 63.0 Å². The van der Waals surface area contributed by atoms with Crippen LogP contribution in [0.15, 0.2) is 47.5 Å². The molecule has 4 aliphatic rings. The highest BCUT2D eigenvalue weighted by Crippen LogP contribution is 2.51. The first-order chi connectivity index (χ1) is 18.1. The molecule has 0 aromatic heterocycles. The average Bonchev–Trinajstić information content (AvgIpc) is 3.81. The molecule has 3 saturated carbocycles. The molecular formula is C27H34F2N6O3. The van der Waals surface area contributed by atoms with Gasteiger partial charge in [-0.05, 0) is 50.3 Å². The standard InChI is InChI=1S/C27H34F2N6O3/c1-16(31-20-7-4-17(12-22(20)38-3)24(36)33-18-5-6-18)32-23-21(14-30)34(2)25(37)26(10-11-26)15-35(23)19-8-9-27(28,29)13-19/h4,7,12,14,18-19,31H,1,5-6,8-11,13,15,30H2,2-3H3,(H,33,36)/b21-14+,32-23+/t19-/m1/s1. The minimum atomic E-state index is -2.77. The number of rotatable bonds is 7. The first-order valence-electron chi connectivity index (χ1n) is 12.9. The van der Waals surface area contributed by atoms with E-state index in [1.54, 1.807) is 25.2 Å². The van der Waals surface area contributed by atoms with Gasteiger partial charge in [-0.2, -0.15) is 0 Å². The van der Waals surface area contributed by atoms with Crippen LogP contribution < -0.4 is 21.1 Å². The van der Waals surface area contributed by atoms with Crippen LogP contribution in [0.2, 0.25) is 0 Å². The van der Waals surface area contributed by atoms with Gasteiger partial charge in [-0.15, -0.1) is 0 Å². The summed E-state index contributed by atoms with van der Waals surface area (Å²) in [6.07, 6.45) is 4.41. The van der Waals surface area contributed by atoms with Crippen molar-refractivity contribution in [2.24, 2.45) is 16.1 Å². The highest BCUT2D eigenvalue weighted by Gasteiger charge is 2.57. The van der Waals surface area contributed by atoms with Crippen LogP contribution in [-0.4, -0.2) is 66.2 Å². The van der Waals surface area contributed by atoms with E-state index in [2.05, 4.69) is 17.2 Å². The Morgan fingerprint density at radius 1 is 1.26 bits per heavy atom. The van der Waals surface area contributed by atoms with Crippen LogP contribution in [0.25, 0.3) is 0 Å². The molecule has 1 aromatic carbocycles. The SMILES string of the molecule is C=C(/N=C1\C(=C/N)N(C)C(=O)C2(CC2)CN1[C@@H]1CCC(F)(F)C1)Nc1ccc(C(=O)NC2CC2)cc1OC. The number of carbonyl (C=O) groups excluding carboxylic acids is 2. The molecule has 0 radical (unpaired) electrons. The van der Waals surface area contributed by atoms with E-state index < -0.39 is 17.4 Å². The van der Waals surface area contributed by atoms with Crippen LogP contribution in [0.5, 0.6) is 5.75 Å². The zero-order valence-electron chi connectivity index (χ0n) is 21.7. The number of methoxy groups -OCH3 is 1. The van der Waals surface area contributed by atoms with Gasteiger partial charge in [0.2, 0.25) is 11.8 Å². The second kappa shape index (κ2) is 9.59. The highest BCUT2D eigenvalue weighted by molar-refractivity contribution is 6.05. The van der Waals surface area contributed by atoms with E-state index in [1.165, 1.54) is 18.2 Å². The fourth-order valence-electron chi connectivity index (χ4n) is 5.30. The van der Waals surface area contributed by atoms with Crippen molar-refractivity contribution in [3.8, 4) is 5.75 Å². The maximum atomic E-state index is 14.3. The van der Waals surface area contributed by atoms with Crippen LogP contribution in [0, 0.1) is 5.41 Å². The van der Waals surface area contributed by atoms with Gasteiger partial charge >= 0.3 is 0 Å². The minimum absolute atomic E-state index is 0.0885. The molecule has 9 nitrogen and oxygen atoms in total. The number of nitrogens with two attached hydrogens (primary N) is 1. The molecule has 3 aliphatic carbocycles. The lowest BCUT2D eigenvalue weighted by atomic mass is 10.0. The number of ether oxygens (including phenoxy) is 1. The summed E-state index contributed by atoms with van der Waals surface area (Å²) < 4.78 is 34.0. The number of nitrogens with zero attached hydrogens (tertiary/aromatic N) is 3. The van der Waals surface area contributed by atoms with Gasteiger partial charge in [0.15, 0.2) is 5.84 Å². The third-order valence-corrected chi connectivity index (χ3v) is 7.82. The second-order valence-electron chi connectivity index (χ2n) is 10.7. The number of likely N-dealkylation sites (N-methyl/N-ethyl adjacent to an activating group) is 1. The van der Waals surface area contributed by atoms with Crippen molar-refractivity contribution >= 4 is 23.3 Å². The van der Waals surface area contributed by atoms with E-state index in [0.29, 0.717) is 47.9 Å². The van der Waals surface area contributed by atoms with E-state index in [4.69, 9.17) is 15.5 Å². The Kier molecular flexibility index (Phi) is 6.56. The number of alkyl halides is 2. The maximum absolute atomic E-state index is 14.3. The fourth-order valence-corrected chi connectivity index (χ4v) is 5.30. The molecule has 1 saturated heterocycles. The van der Waals surface area contributed by atoms with Gasteiger partial charge in [0.05, 0.1) is 18.2 Å². The smallest absolute Gasteiger partial charge is 0.251 e. The number of aliphatic imine (C=N–C) groups is 1. The lowest BCUT2D eigenvalue weighted by Gasteiger charge is -2.32. The van der Waals surface area contributed by atoms with Crippen molar-refractivity contribution in [3.63, 3.8) is 0 Å². The normalized spacial score (nSPS) is 26.0. The molecule has 1 atom stereocenters. The summed E-state index contributed by atoms with van der Waals surface area (Å²) in [5.41, 5.74) is 6.70. The molecule has 1 heterocycles. The highest BCUT2D eigenvalue weighted by atomic mass is 19.3. The number of halogens is 2. The van der Waals surface area contributed by atoms with Crippen molar-refractivity contribution in [1.82, 2.24) is 15.1 Å². The van der Waals surface area contributed by atoms with Crippen molar-refractivity contribution in [1.29, 1.82) is 0 Å². The Labute approximate surface area is 220 Å². The van der Waals surface area contributed by atoms with Gasteiger partial charge in [0.1, 0.15) is 17.3 Å². The third kappa shape index (κ3) is 5.06. The van der Waals surface area contributed by atoms with Crippen molar-refractivity contribution in [3.05, 3.63) is 48.1 Å². The summed E-state index contributed by atoms with van der Waals surface area (Å²) in [6.45, 7) is 4.33. The number of hydrogen-bond donors (Lipinski definition) is 3. The molecule has 204 valence electrons. The van der Waals surface area contributed by atoms with Gasteiger partial charge in [0.25, 0.3) is 5.91 Å². The molecule has 0 bridgehead atoms. The third-order valence-electron chi connectivity index (χ3n) is 7.82. The maximum Gasteiger partial charge on any atom is 0.251 e. The largest absolute Gasteiger partial charge is 0.495 e. The molecule has 4 N–H and O–H groups in total. The van der Waals surface area contributed by atoms with E-state index >= 15 is 0 Å². The van der Waals surface area contributed by atoms with Crippen molar-refractivity contribution in [2.75, 3.05) is 26.0 Å². The molecule has 1 aromatic rings. The van der Waals surface area contributed by atoms with Gasteiger partial charge < -0.3 is 30.9 Å². The Balaban J connectivity index is 1.44. The summed E-state index contributed by atoms with van der Waals surface area (Å²) in [4.78, 5) is 33.7. The summed E-state index contributed by atoms with van der Waals surface area (Å²) in [5.74, 6) is -2.08. The monoisotopic (exact) mass is 528 g/mol. The predicted octanol–water partition coefficient (Wildman–Crippen LogP) is 3.41. The first kappa shape index (κ1) is 26.0. The predicted molar refractivity (Wildman–Crippen MR) is 140 cm³/mol. The minimum Gasteiger partial charge on any atom is -0.495 e. The van der Waals surface area contributed by atoms with Gasteiger partial charge in [-0.1, -0.05) is 6.58 Å². The molecule has 11 heteroatoms. The first-order valence-corrected chi connectivity index (χ1v) is 12.9. The molecule has 0 unspecified atom stereocenters. The average molecular weight is 529 g/mol. The van der Waals surface area contributed by atoms with Crippen LogP contribution in [-0.2, 0) is 4.79 Å². The fraction of sp³-hybridized carbons (Fsp3) is 0.519. The molecule has 2 amide bonds. The number of benzene rings is 1. The van der Waals surface area contributed by atoms with Crippen LogP contribution in [0.3, 0.4) is 0 Å². The number of nitrogens with one attached hydrogen (secondary N) is 2. The molecule has 1 aliphatic heterocycles. The lowest BCUT2D eigenvalue weighted by molar-refractivity contribution is -0.133. The van der Waals surface area contributed by atoms with Crippen molar-refractivity contribution < 1.29 is 23.1 Å². The zero-order valence-corrected chi connectivity index (χ0v) is 21.7. The molecular weight excluding hydrogens is 494 g/mol. The summed E-state index contributed by atoms with van der Waals surface area (Å²) >= 11 is 0. The number of anilines is 1. The van der Waals surface area contributed by atoms with E-state index in [9.17, 15) is 18.4 Å². The van der Waals surface area contributed by atoms with E-state index in [0.717, 1.165) is 12.8 Å². The second-order valence-corrected chi connectivity index (χ2v) is 10.7. The zero-order chi connectivity index (χ0) is 27.2. The molecule has 4 fully saturated rings. The van der Waals surface area contributed by atoms with Crippen LogP contribution in [0.4, 0.5) is 14.5 Å². The lowest BCUT2D eigenvalue weighted by Crippen LogP contribution is -2.43. The molecule has 1 spiro atoms. The topological polar surface area (TPSA) is 112 Å². The van der Waals surface area contributed by atoms with Gasteiger partial charge in [-0.3, -0.25) is 9.59 Å². The van der Waals surface area contributed by atoms with E-state index in [-0.39, 0.29) is 42.9 Å². The van der Waals surface area contributed by atoms with E-state index in [1.807, 2.05) is 4.90 Å².